The van der Waals surface area contributed by atoms with Crippen LogP contribution in [0.4, 0.5) is 0 Å². The smallest absolute Gasteiger partial charge is 0.330 e. The monoisotopic (exact) mass is 234 g/mol. The molecule has 0 amide bonds. The summed E-state index contributed by atoms with van der Waals surface area (Å²) in [6.07, 6.45) is 9.84. The third kappa shape index (κ3) is 2.96. The molecule has 0 bridgehead atoms. The van der Waals surface area contributed by atoms with Gasteiger partial charge in [0.25, 0.3) is 0 Å². The van der Waals surface area contributed by atoms with E-state index in [1.54, 1.807) is 6.92 Å². The number of allylic oxidation sites excluding steroid dienone is 1. The Balaban J connectivity index is 1.95. The zero-order chi connectivity index (χ0) is 12.1. The van der Waals surface area contributed by atoms with Gasteiger partial charge in [0, 0.05) is 18.3 Å². The molecule has 4 heteroatoms. The van der Waals surface area contributed by atoms with Crippen molar-refractivity contribution in [2.24, 2.45) is 0 Å². The van der Waals surface area contributed by atoms with Crippen LogP contribution in [-0.2, 0) is 28.9 Å². The fourth-order valence-electron chi connectivity index (χ4n) is 2.14. The molecule has 0 spiro atoms. The van der Waals surface area contributed by atoms with Crippen LogP contribution in [0.3, 0.4) is 0 Å². The fourth-order valence-corrected chi connectivity index (χ4v) is 2.14. The molecule has 92 valence electrons. The lowest BCUT2D eigenvalue weighted by atomic mass is 10.0. The molecule has 0 radical (unpaired) electrons. The van der Waals surface area contributed by atoms with Crippen molar-refractivity contribution in [3.8, 4) is 0 Å². The van der Waals surface area contributed by atoms with E-state index in [1.165, 1.54) is 30.3 Å². The number of nitrogens with zero attached hydrogens (tertiary/aromatic N) is 2. The number of hydrogen-bond donors (Lipinski definition) is 0. The van der Waals surface area contributed by atoms with E-state index in [4.69, 9.17) is 4.74 Å². The van der Waals surface area contributed by atoms with Crippen LogP contribution in [-0.4, -0.2) is 22.1 Å². The van der Waals surface area contributed by atoms with Gasteiger partial charge in [-0.15, -0.1) is 0 Å². The first-order valence-corrected chi connectivity index (χ1v) is 6.17. The lowest BCUT2D eigenvalue weighted by Gasteiger charge is -2.12. The molecule has 0 aromatic carbocycles. The number of rotatable bonds is 4. The van der Waals surface area contributed by atoms with Crippen molar-refractivity contribution in [3.05, 3.63) is 29.9 Å². The predicted molar refractivity (Wildman–Crippen MR) is 64.6 cm³/mol. The van der Waals surface area contributed by atoms with E-state index < -0.39 is 0 Å². The number of aryl methyl sites for hydroxylation is 1. The minimum atomic E-state index is -0.276. The first kappa shape index (κ1) is 11.9. The zero-order valence-electron chi connectivity index (χ0n) is 10.2. The quantitative estimate of drug-likeness (QED) is 0.590. The van der Waals surface area contributed by atoms with Gasteiger partial charge in [-0.25, -0.2) is 9.78 Å². The second-order valence-electron chi connectivity index (χ2n) is 4.15. The third-order valence-electron chi connectivity index (χ3n) is 2.95. The number of hydrogen-bond acceptors (Lipinski definition) is 3. The molecule has 0 saturated carbocycles. The average molecular weight is 234 g/mol. The van der Waals surface area contributed by atoms with Crippen LogP contribution in [0.15, 0.2) is 18.5 Å². The Hall–Kier alpha value is -1.58. The van der Waals surface area contributed by atoms with Crippen LogP contribution in [0.1, 0.15) is 31.2 Å². The van der Waals surface area contributed by atoms with Crippen molar-refractivity contribution in [1.82, 2.24) is 9.55 Å². The van der Waals surface area contributed by atoms with Crippen LogP contribution >= 0.6 is 0 Å². The number of esters is 1. The van der Waals surface area contributed by atoms with E-state index in [0.717, 1.165) is 12.8 Å². The summed E-state index contributed by atoms with van der Waals surface area (Å²) in [5, 5.41) is 0. The Morgan fingerprint density at radius 3 is 3.18 bits per heavy atom. The molecule has 4 nitrogen and oxygen atoms in total. The standard InChI is InChI=1S/C13H18N2O2/c1-2-17-13(16)8-5-9-15-10-14-11-6-3-4-7-12(11)15/h5,8,10H,2-4,6-7,9H2,1H3/b8-5+. The van der Waals surface area contributed by atoms with Gasteiger partial charge >= 0.3 is 5.97 Å². The Morgan fingerprint density at radius 1 is 1.53 bits per heavy atom. The largest absolute Gasteiger partial charge is 0.463 e. The molecule has 1 heterocycles. The minimum absolute atomic E-state index is 0.276. The van der Waals surface area contributed by atoms with Gasteiger partial charge in [-0.2, -0.15) is 0 Å². The van der Waals surface area contributed by atoms with Crippen molar-refractivity contribution in [2.75, 3.05) is 6.61 Å². The van der Waals surface area contributed by atoms with Crippen molar-refractivity contribution in [2.45, 2.75) is 39.2 Å². The van der Waals surface area contributed by atoms with Crippen molar-refractivity contribution >= 4 is 5.97 Å². The molecule has 1 aromatic heterocycles. The van der Waals surface area contributed by atoms with Gasteiger partial charge in [0.2, 0.25) is 0 Å². The highest BCUT2D eigenvalue weighted by atomic mass is 16.5. The van der Waals surface area contributed by atoms with E-state index in [0.29, 0.717) is 13.2 Å². The third-order valence-corrected chi connectivity index (χ3v) is 2.95. The molecule has 0 N–H and O–H groups in total. The summed E-state index contributed by atoms with van der Waals surface area (Å²) >= 11 is 0. The summed E-state index contributed by atoms with van der Waals surface area (Å²) in [4.78, 5) is 15.5. The second-order valence-corrected chi connectivity index (χ2v) is 4.15. The van der Waals surface area contributed by atoms with E-state index in [2.05, 4.69) is 9.55 Å². The first-order valence-electron chi connectivity index (χ1n) is 6.17. The number of carbonyl (C=O) groups excluding carboxylic acids is 1. The summed E-state index contributed by atoms with van der Waals surface area (Å²) < 4.78 is 6.94. The molecule has 1 aromatic rings. The molecule has 1 aliphatic rings. The van der Waals surface area contributed by atoms with Crippen molar-refractivity contribution in [1.29, 1.82) is 0 Å². The molecule has 17 heavy (non-hydrogen) atoms. The number of aromatic nitrogens is 2. The fraction of sp³-hybridized carbons (Fsp3) is 0.538. The van der Waals surface area contributed by atoms with E-state index in [9.17, 15) is 4.79 Å². The van der Waals surface area contributed by atoms with Crippen LogP contribution in [0.25, 0.3) is 0 Å². The highest BCUT2D eigenvalue weighted by molar-refractivity contribution is 5.81. The van der Waals surface area contributed by atoms with Gasteiger partial charge in [-0.1, -0.05) is 6.08 Å². The highest BCUT2D eigenvalue weighted by Crippen LogP contribution is 2.19. The molecule has 2 rings (SSSR count). The normalized spacial score (nSPS) is 14.9. The maximum atomic E-state index is 11.1. The molecule has 0 saturated heterocycles. The zero-order valence-corrected chi connectivity index (χ0v) is 10.2. The molecule has 0 unspecified atom stereocenters. The number of carbonyl (C=O) groups is 1. The maximum absolute atomic E-state index is 11.1. The van der Waals surface area contributed by atoms with Crippen LogP contribution in [0, 0.1) is 0 Å². The molecular formula is C13H18N2O2. The Morgan fingerprint density at radius 2 is 2.35 bits per heavy atom. The van der Waals surface area contributed by atoms with Crippen LogP contribution < -0.4 is 0 Å². The van der Waals surface area contributed by atoms with Gasteiger partial charge in [0.1, 0.15) is 0 Å². The predicted octanol–water partition coefficient (Wildman–Crippen LogP) is 1.88. The molecule has 0 fully saturated rings. The van der Waals surface area contributed by atoms with Crippen LogP contribution in [0.2, 0.25) is 0 Å². The first-order chi connectivity index (χ1) is 8.31. The topological polar surface area (TPSA) is 44.1 Å². The van der Waals surface area contributed by atoms with Crippen molar-refractivity contribution < 1.29 is 9.53 Å². The van der Waals surface area contributed by atoms with E-state index in [1.807, 2.05) is 12.4 Å². The van der Waals surface area contributed by atoms with Crippen molar-refractivity contribution in [3.63, 3.8) is 0 Å². The van der Waals surface area contributed by atoms with Gasteiger partial charge in [0.05, 0.1) is 18.6 Å². The number of fused-ring (bicyclic) bond motifs is 1. The van der Waals surface area contributed by atoms with E-state index >= 15 is 0 Å². The SMILES string of the molecule is CCOC(=O)/C=C/Cn1cnc2c1CCCC2. The molecular weight excluding hydrogens is 216 g/mol. The summed E-state index contributed by atoms with van der Waals surface area (Å²) in [5.74, 6) is -0.276. The van der Waals surface area contributed by atoms with Gasteiger partial charge in [0.15, 0.2) is 0 Å². The lowest BCUT2D eigenvalue weighted by molar-refractivity contribution is -0.137. The summed E-state index contributed by atoms with van der Waals surface area (Å²) in [6, 6.07) is 0. The Bertz CT molecular complexity index is 421. The van der Waals surface area contributed by atoms with Crippen LogP contribution in [0.5, 0.6) is 0 Å². The minimum Gasteiger partial charge on any atom is -0.463 e. The summed E-state index contributed by atoms with van der Waals surface area (Å²) in [5.41, 5.74) is 2.55. The lowest BCUT2D eigenvalue weighted by Crippen LogP contribution is -2.08. The van der Waals surface area contributed by atoms with Gasteiger partial charge in [-0.3, -0.25) is 0 Å². The molecule has 0 aliphatic heterocycles. The second kappa shape index (κ2) is 5.66. The molecule has 0 atom stereocenters. The number of ether oxygens (including phenoxy) is 1. The summed E-state index contributed by atoms with van der Waals surface area (Å²) in [6.45, 7) is 2.92. The maximum Gasteiger partial charge on any atom is 0.330 e. The molecule has 1 aliphatic carbocycles. The summed E-state index contributed by atoms with van der Waals surface area (Å²) in [7, 11) is 0. The van der Waals surface area contributed by atoms with E-state index in [-0.39, 0.29) is 5.97 Å². The Kier molecular flexibility index (Phi) is 3.96. The van der Waals surface area contributed by atoms with Gasteiger partial charge in [-0.05, 0) is 32.6 Å². The number of imidazole rings is 1. The highest BCUT2D eigenvalue weighted by Gasteiger charge is 2.14. The van der Waals surface area contributed by atoms with Gasteiger partial charge < -0.3 is 9.30 Å². The Labute approximate surface area is 101 Å². The average Bonchev–Trinajstić information content (AvgIpc) is 2.73.